The van der Waals surface area contributed by atoms with Crippen LogP contribution in [0.25, 0.3) is 0 Å². The van der Waals surface area contributed by atoms with Crippen molar-refractivity contribution in [2.75, 3.05) is 6.61 Å². The number of halogens is 1. The first-order chi connectivity index (χ1) is 7.61. The van der Waals surface area contributed by atoms with Crippen LogP contribution in [-0.2, 0) is 11.3 Å². The lowest BCUT2D eigenvalue weighted by Crippen LogP contribution is -2.29. The summed E-state index contributed by atoms with van der Waals surface area (Å²) in [4.78, 5) is 15.5. The number of aromatic nitrogens is 2. The van der Waals surface area contributed by atoms with Crippen molar-refractivity contribution in [3.63, 3.8) is 0 Å². The number of carbonyl (C=O) groups excluding carboxylic acids is 1. The van der Waals surface area contributed by atoms with Crippen LogP contribution in [0.4, 0.5) is 4.39 Å². The monoisotopic (exact) mass is 227 g/mol. The van der Waals surface area contributed by atoms with E-state index >= 15 is 0 Å². The molecule has 1 aromatic rings. The maximum absolute atomic E-state index is 13.2. The normalized spacial score (nSPS) is 23.9. The topological polar surface area (TPSA) is 70.1 Å². The molecule has 88 valence electrons. The van der Waals surface area contributed by atoms with Crippen LogP contribution in [0.2, 0.25) is 0 Å². The maximum atomic E-state index is 13.2. The predicted octanol–water partition coefficient (Wildman–Crippen LogP) is 0.801. The number of rotatable bonds is 2. The fraction of sp³-hybridized carbons (Fsp3) is 0.600. The zero-order chi connectivity index (χ0) is 11.7. The van der Waals surface area contributed by atoms with Gasteiger partial charge in [0.15, 0.2) is 5.69 Å². The second kappa shape index (κ2) is 4.21. The Morgan fingerprint density at radius 1 is 1.81 bits per heavy atom. The summed E-state index contributed by atoms with van der Waals surface area (Å²) in [6.07, 6.45) is 0.768. The van der Waals surface area contributed by atoms with Gasteiger partial charge in [-0.2, -0.15) is 0 Å². The SMILES string of the molecule is CCOC(=O)c1cn2c(n1)C(N)CC(F)C2. The molecule has 0 amide bonds. The molecule has 1 aromatic heterocycles. The van der Waals surface area contributed by atoms with E-state index < -0.39 is 18.2 Å². The van der Waals surface area contributed by atoms with Crippen molar-refractivity contribution in [1.82, 2.24) is 9.55 Å². The van der Waals surface area contributed by atoms with Crippen molar-refractivity contribution in [3.05, 3.63) is 17.7 Å². The van der Waals surface area contributed by atoms with Crippen molar-refractivity contribution in [1.29, 1.82) is 0 Å². The molecule has 2 heterocycles. The van der Waals surface area contributed by atoms with E-state index in [-0.39, 0.29) is 18.7 Å². The van der Waals surface area contributed by atoms with E-state index in [4.69, 9.17) is 10.5 Å². The first-order valence-electron chi connectivity index (χ1n) is 5.25. The highest BCUT2D eigenvalue weighted by molar-refractivity contribution is 5.87. The summed E-state index contributed by atoms with van der Waals surface area (Å²) >= 11 is 0. The lowest BCUT2D eigenvalue weighted by atomic mass is 10.1. The van der Waals surface area contributed by atoms with Gasteiger partial charge in [0.2, 0.25) is 0 Å². The molecule has 0 saturated heterocycles. The molecule has 0 aliphatic carbocycles. The zero-order valence-electron chi connectivity index (χ0n) is 9.02. The Balaban J connectivity index is 2.26. The summed E-state index contributed by atoms with van der Waals surface area (Å²) in [6, 6.07) is -0.452. The van der Waals surface area contributed by atoms with Crippen LogP contribution >= 0.6 is 0 Å². The number of hydrogen-bond donors (Lipinski definition) is 1. The van der Waals surface area contributed by atoms with Gasteiger partial charge in [0.1, 0.15) is 12.0 Å². The van der Waals surface area contributed by atoms with E-state index in [0.717, 1.165) is 0 Å². The Kier molecular flexibility index (Phi) is 2.91. The summed E-state index contributed by atoms with van der Waals surface area (Å²) in [6.45, 7) is 2.21. The molecular formula is C10H14FN3O2. The molecular weight excluding hydrogens is 213 g/mol. The molecule has 1 aliphatic heterocycles. The van der Waals surface area contributed by atoms with Gasteiger partial charge in [-0.25, -0.2) is 14.2 Å². The number of nitrogens with zero attached hydrogens (tertiary/aromatic N) is 2. The van der Waals surface area contributed by atoms with Crippen LogP contribution in [0.3, 0.4) is 0 Å². The molecule has 2 rings (SSSR count). The summed E-state index contributed by atoms with van der Waals surface area (Å²) in [7, 11) is 0. The Morgan fingerprint density at radius 3 is 3.25 bits per heavy atom. The predicted molar refractivity (Wildman–Crippen MR) is 54.6 cm³/mol. The molecule has 2 unspecified atom stereocenters. The van der Waals surface area contributed by atoms with Crippen molar-refractivity contribution in [2.45, 2.75) is 32.1 Å². The number of alkyl halides is 1. The summed E-state index contributed by atoms with van der Waals surface area (Å²) in [5.74, 6) is 0.0592. The summed E-state index contributed by atoms with van der Waals surface area (Å²) < 4.78 is 19.6. The number of imidazole rings is 1. The lowest BCUT2D eigenvalue weighted by molar-refractivity contribution is 0.0520. The van der Waals surface area contributed by atoms with Crippen molar-refractivity contribution in [2.24, 2.45) is 5.73 Å². The Hall–Kier alpha value is -1.43. The molecule has 0 saturated carbocycles. The molecule has 0 spiro atoms. The van der Waals surface area contributed by atoms with Crippen LogP contribution < -0.4 is 5.73 Å². The zero-order valence-corrected chi connectivity index (χ0v) is 9.02. The molecule has 0 bridgehead atoms. The molecule has 2 atom stereocenters. The second-order valence-electron chi connectivity index (χ2n) is 3.80. The summed E-state index contributed by atoms with van der Waals surface area (Å²) in [5.41, 5.74) is 5.94. The highest BCUT2D eigenvalue weighted by Crippen LogP contribution is 2.24. The largest absolute Gasteiger partial charge is 0.461 e. The minimum absolute atomic E-state index is 0.196. The lowest BCUT2D eigenvalue weighted by Gasteiger charge is -2.22. The van der Waals surface area contributed by atoms with E-state index in [1.54, 1.807) is 11.5 Å². The minimum atomic E-state index is -0.980. The van der Waals surface area contributed by atoms with E-state index in [9.17, 15) is 9.18 Å². The maximum Gasteiger partial charge on any atom is 0.358 e. The molecule has 16 heavy (non-hydrogen) atoms. The van der Waals surface area contributed by atoms with Gasteiger partial charge < -0.3 is 15.0 Å². The van der Waals surface area contributed by atoms with Crippen LogP contribution in [0, 0.1) is 0 Å². The highest BCUT2D eigenvalue weighted by Gasteiger charge is 2.27. The van der Waals surface area contributed by atoms with Crippen LogP contribution in [0.15, 0.2) is 6.20 Å². The minimum Gasteiger partial charge on any atom is -0.461 e. The van der Waals surface area contributed by atoms with Crippen molar-refractivity contribution in [3.8, 4) is 0 Å². The highest BCUT2D eigenvalue weighted by atomic mass is 19.1. The first kappa shape index (κ1) is 11.1. The van der Waals surface area contributed by atoms with Crippen molar-refractivity contribution < 1.29 is 13.9 Å². The number of esters is 1. The average molecular weight is 227 g/mol. The third kappa shape index (κ3) is 1.92. The average Bonchev–Trinajstić information content (AvgIpc) is 2.62. The van der Waals surface area contributed by atoms with Gasteiger partial charge in [-0.05, 0) is 6.92 Å². The Bertz CT molecular complexity index is 405. The van der Waals surface area contributed by atoms with E-state index in [0.29, 0.717) is 12.4 Å². The second-order valence-corrected chi connectivity index (χ2v) is 3.80. The first-order valence-corrected chi connectivity index (χ1v) is 5.25. The van der Waals surface area contributed by atoms with Gasteiger partial charge >= 0.3 is 5.97 Å². The van der Waals surface area contributed by atoms with Gasteiger partial charge in [-0.1, -0.05) is 0 Å². The molecule has 0 radical (unpaired) electrons. The summed E-state index contributed by atoms with van der Waals surface area (Å²) in [5, 5.41) is 0. The third-order valence-corrected chi connectivity index (χ3v) is 2.53. The number of fused-ring (bicyclic) bond motifs is 1. The van der Waals surface area contributed by atoms with Crippen molar-refractivity contribution >= 4 is 5.97 Å². The van der Waals surface area contributed by atoms with Gasteiger partial charge in [0.25, 0.3) is 0 Å². The molecule has 0 aromatic carbocycles. The smallest absolute Gasteiger partial charge is 0.358 e. The fourth-order valence-electron chi connectivity index (χ4n) is 1.84. The quantitative estimate of drug-likeness (QED) is 0.759. The van der Waals surface area contributed by atoms with E-state index in [1.807, 2.05) is 0 Å². The van der Waals surface area contributed by atoms with Gasteiger partial charge in [-0.15, -0.1) is 0 Å². The van der Waals surface area contributed by atoms with Gasteiger partial charge in [0, 0.05) is 12.6 Å². The van der Waals surface area contributed by atoms with E-state index in [1.165, 1.54) is 6.20 Å². The molecule has 1 aliphatic rings. The van der Waals surface area contributed by atoms with Crippen LogP contribution in [0.1, 0.15) is 35.7 Å². The Morgan fingerprint density at radius 2 is 2.56 bits per heavy atom. The van der Waals surface area contributed by atoms with E-state index in [2.05, 4.69) is 4.98 Å². The molecule has 0 fully saturated rings. The van der Waals surface area contributed by atoms with Crippen LogP contribution in [0.5, 0.6) is 0 Å². The number of carbonyl (C=O) groups is 1. The number of ether oxygens (including phenoxy) is 1. The van der Waals surface area contributed by atoms with Gasteiger partial charge in [0.05, 0.1) is 19.2 Å². The molecule has 2 N–H and O–H groups in total. The molecule has 5 nitrogen and oxygen atoms in total. The number of nitrogens with two attached hydrogens (primary N) is 1. The Labute approximate surface area is 92.4 Å². The standard InChI is InChI=1S/C10H14FN3O2/c1-2-16-10(15)8-5-14-4-6(11)3-7(12)9(14)13-8/h5-7H,2-4,12H2,1H3. The number of hydrogen-bond acceptors (Lipinski definition) is 4. The molecule has 6 heteroatoms. The third-order valence-electron chi connectivity index (χ3n) is 2.53. The fourth-order valence-corrected chi connectivity index (χ4v) is 1.84. The van der Waals surface area contributed by atoms with Gasteiger partial charge in [-0.3, -0.25) is 0 Å². The van der Waals surface area contributed by atoms with Crippen LogP contribution in [-0.4, -0.2) is 28.3 Å².